The number of aliphatic hydroxyl groups is 1. The molecular weight excluding hydrogens is 228 g/mol. The number of hydrogen-bond acceptors (Lipinski definition) is 4. The Balaban J connectivity index is 2.50. The zero-order valence-corrected chi connectivity index (χ0v) is 11.8. The van der Waals surface area contributed by atoms with Crippen molar-refractivity contribution in [3.63, 3.8) is 0 Å². The standard InChI is InChI=1S/C14H24N2O2/c1-11(2)16(12(3)4)7-8-18-14-9-15-6-5-13(14)10-17/h5-6,9,11-12,17H,7-8,10H2,1-4H3. The van der Waals surface area contributed by atoms with Gasteiger partial charge in [0.25, 0.3) is 0 Å². The van der Waals surface area contributed by atoms with Crippen molar-refractivity contribution in [2.75, 3.05) is 13.2 Å². The molecule has 0 atom stereocenters. The minimum Gasteiger partial charge on any atom is -0.490 e. The molecule has 0 aliphatic rings. The van der Waals surface area contributed by atoms with Gasteiger partial charge in [-0.05, 0) is 33.8 Å². The third-order valence-corrected chi connectivity index (χ3v) is 2.97. The highest BCUT2D eigenvalue weighted by Gasteiger charge is 2.13. The first-order valence-electron chi connectivity index (χ1n) is 6.48. The normalized spacial score (nSPS) is 11.6. The maximum absolute atomic E-state index is 9.19. The van der Waals surface area contributed by atoms with Gasteiger partial charge in [-0.1, -0.05) is 0 Å². The molecule has 0 saturated carbocycles. The molecule has 0 aliphatic carbocycles. The number of aromatic nitrogens is 1. The molecule has 0 unspecified atom stereocenters. The Hall–Kier alpha value is -1.13. The van der Waals surface area contributed by atoms with E-state index in [1.165, 1.54) is 0 Å². The summed E-state index contributed by atoms with van der Waals surface area (Å²) in [7, 11) is 0. The summed E-state index contributed by atoms with van der Waals surface area (Å²) >= 11 is 0. The van der Waals surface area contributed by atoms with Gasteiger partial charge in [-0.2, -0.15) is 0 Å². The molecule has 0 fully saturated rings. The van der Waals surface area contributed by atoms with Gasteiger partial charge in [0.05, 0.1) is 12.8 Å². The van der Waals surface area contributed by atoms with E-state index < -0.39 is 0 Å². The predicted octanol–water partition coefficient (Wildman–Crippen LogP) is 2.07. The van der Waals surface area contributed by atoms with Crippen LogP contribution in [0.3, 0.4) is 0 Å². The van der Waals surface area contributed by atoms with Crippen LogP contribution in [-0.4, -0.2) is 40.2 Å². The van der Waals surface area contributed by atoms with Gasteiger partial charge in [-0.15, -0.1) is 0 Å². The smallest absolute Gasteiger partial charge is 0.143 e. The number of aliphatic hydroxyl groups excluding tert-OH is 1. The van der Waals surface area contributed by atoms with Crippen LogP contribution in [0.25, 0.3) is 0 Å². The Morgan fingerprint density at radius 1 is 1.28 bits per heavy atom. The van der Waals surface area contributed by atoms with Crippen LogP contribution in [-0.2, 0) is 6.61 Å². The summed E-state index contributed by atoms with van der Waals surface area (Å²) in [5.74, 6) is 0.674. The van der Waals surface area contributed by atoms with Crippen LogP contribution in [0.2, 0.25) is 0 Å². The van der Waals surface area contributed by atoms with E-state index in [4.69, 9.17) is 4.74 Å². The number of pyridine rings is 1. The summed E-state index contributed by atoms with van der Waals surface area (Å²) in [6.45, 7) is 10.2. The van der Waals surface area contributed by atoms with Crippen molar-refractivity contribution in [3.05, 3.63) is 24.0 Å². The highest BCUT2D eigenvalue weighted by atomic mass is 16.5. The summed E-state index contributed by atoms with van der Waals surface area (Å²) in [6.07, 6.45) is 3.31. The second-order valence-electron chi connectivity index (χ2n) is 4.92. The van der Waals surface area contributed by atoms with E-state index in [0.717, 1.165) is 12.1 Å². The second kappa shape index (κ2) is 7.34. The lowest BCUT2D eigenvalue weighted by molar-refractivity contribution is 0.140. The lowest BCUT2D eigenvalue weighted by Crippen LogP contribution is -2.39. The summed E-state index contributed by atoms with van der Waals surface area (Å²) in [5.41, 5.74) is 0.783. The maximum Gasteiger partial charge on any atom is 0.143 e. The van der Waals surface area contributed by atoms with Crippen molar-refractivity contribution >= 4 is 0 Å². The number of ether oxygens (including phenoxy) is 1. The van der Waals surface area contributed by atoms with Crippen LogP contribution in [0.4, 0.5) is 0 Å². The number of rotatable bonds is 7. The van der Waals surface area contributed by atoms with Gasteiger partial charge in [0.2, 0.25) is 0 Å². The molecule has 0 amide bonds. The minimum atomic E-state index is -0.0179. The molecule has 1 aromatic heterocycles. The Labute approximate surface area is 110 Å². The Morgan fingerprint density at radius 2 is 1.94 bits per heavy atom. The first kappa shape index (κ1) is 14.9. The SMILES string of the molecule is CC(C)N(CCOc1cnccc1CO)C(C)C. The maximum atomic E-state index is 9.19. The monoisotopic (exact) mass is 252 g/mol. The fraction of sp³-hybridized carbons (Fsp3) is 0.643. The molecule has 0 saturated heterocycles. The molecule has 0 aromatic carbocycles. The van der Waals surface area contributed by atoms with Crippen LogP contribution in [0.15, 0.2) is 18.5 Å². The van der Waals surface area contributed by atoms with Crippen LogP contribution in [0.5, 0.6) is 5.75 Å². The van der Waals surface area contributed by atoms with E-state index in [-0.39, 0.29) is 6.61 Å². The first-order valence-corrected chi connectivity index (χ1v) is 6.48. The van der Waals surface area contributed by atoms with Crippen molar-refractivity contribution in [2.24, 2.45) is 0 Å². The van der Waals surface area contributed by atoms with Crippen molar-refractivity contribution in [1.29, 1.82) is 0 Å². The third-order valence-electron chi connectivity index (χ3n) is 2.97. The summed E-state index contributed by atoms with van der Waals surface area (Å²) in [4.78, 5) is 6.38. The average Bonchev–Trinajstić information content (AvgIpc) is 2.34. The van der Waals surface area contributed by atoms with Gasteiger partial charge in [0, 0.05) is 30.4 Å². The lowest BCUT2D eigenvalue weighted by atomic mass is 10.2. The largest absolute Gasteiger partial charge is 0.490 e. The quantitative estimate of drug-likeness (QED) is 0.807. The van der Waals surface area contributed by atoms with Crippen LogP contribution in [0, 0.1) is 0 Å². The second-order valence-corrected chi connectivity index (χ2v) is 4.92. The van der Waals surface area contributed by atoms with E-state index in [1.54, 1.807) is 18.5 Å². The van der Waals surface area contributed by atoms with Crippen molar-refractivity contribution in [2.45, 2.75) is 46.4 Å². The first-order chi connectivity index (χ1) is 8.56. The molecule has 1 aromatic rings. The van der Waals surface area contributed by atoms with Gasteiger partial charge in [0.1, 0.15) is 12.4 Å². The molecule has 18 heavy (non-hydrogen) atoms. The summed E-state index contributed by atoms with van der Waals surface area (Å²) in [6, 6.07) is 2.78. The highest BCUT2D eigenvalue weighted by Crippen LogP contribution is 2.16. The van der Waals surface area contributed by atoms with Crippen molar-refractivity contribution < 1.29 is 9.84 Å². The van der Waals surface area contributed by atoms with E-state index in [1.807, 2.05) is 0 Å². The van der Waals surface area contributed by atoms with E-state index in [2.05, 4.69) is 37.6 Å². The summed E-state index contributed by atoms with van der Waals surface area (Å²) < 4.78 is 5.69. The van der Waals surface area contributed by atoms with Gasteiger partial charge in [0.15, 0.2) is 0 Å². The predicted molar refractivity (Wildman–Crippen MR) is 72.6 cm³/mol. The molecule has 4 heteroatoms. The molecule has 0 spiro atoms. The van der Waals surface area contributed by atoms with Crippen LogP contribution < -0.4 is 4.74 Å². The van der Waals surface area contributed by atoms with Gasteiger partial charge in [-0.25, -0.2) is 0 Å². The van der Waals surface area contributed by atoms with Crippen molar-refractivity contribution in [1.82, 2.24) is 9.88 Å². The van der Waals surface area contributed by atoms with Crippen LogP contribution in [0.1, 0.15) is 33.3 Å². The average molecular weight is 252 g/mol. The molecule has 0 radical (unpaired) electrons. The van der Waals surface area contributed by atoms with E-state index >= 15 is 0 Å². The molecule has 102 valence electrons. The Bertz CT molecular complexity index is 345. The molecule has 0 aliphatic heterocycles. The molecule has 0 bridgehead atoms. The number of hydrogen-bond donors (Lipinski definition) is 1. The fourth-order valence-electron chi connectivity index (χ4n) is 2.04. The zero-order valence-electron chi connectivity index (χ0n) is 11.8. The van der Waals surface area contributed by atoms with Gasteiger partial charge >= 0.3 is 0 Å². The van der Waals surface area contributed by atoms with Crippen LogP contribution >= 0.6 is 0 Å². The molecule has 4 nitrogen and oxygen atoms in total. The summed E-state index contributed by atoms with van der Waals surface area (Å²) in [5, 5.41) is 9.19. The zero-order chi connectivity index (χ0) is 13.5. The van der Waals surface area contributed by atoms with Gasteiger partial charge < -0.3 is 9.84 Å². The molecular formula is C14H24N2O2. The van der Waals surface area contributed by atoms with E-state index in [0.29, 0.717) is 24.4 Å². The minimum absolute atomic E-state index is 0.0179. The van der Waals surface area contributed by atoms with Gasteiger partial charge in [-0.3, -0.25) is 9.88 Å². The number of nitrogens with zero attached hydrogens (tertiary/aromatic N) is 2. The molecule has 1 rings (SSSR count). The Kier molecular flexibility index (Phi) is 6.09. The highest BCUT2D eigenvalue weighted by molar-refractivity contribution is 5.28. The topological polar surface area (TPSA) is 45.6 Å². The van der Waals surface area contributed by atoms with E-state index in [9.17, 15) is 5.11 Å². The Morgan fingerprint density at radius 3 is 2.50 bits per heavy atom. The molecule has 1 heterocycles. The fourth-order valence-corrected chi connectivity index (χ4v) is 2.04. The lowest BCUT2D eigenvalue weighted by Gasteiger charge is -2.30. The molecule has 1 N–H and O–H groups in total. The third kappa shape index (κ3) is 4.27. The van der Waals surface area contributed by atoms with Crippen molar-refractivity contribution in [3.8, 4) is 5.75 Å².